The van der Waals surface area contributed by atoms with Crippen molar-refractivity contribution < 1.29 is 15.0 Å². The Morgan fingerprint density at radius 2 is 2.24 bits per heavy atom. The van der Waals surface area contributed by atoms with E-state index in [1.807, 2.05) is 23.1 Å². The van der Waals surface area contributed by atoms with Gasteiger partial charge in [-0.2, -0.15) is 0 Å². The Labute approximate surface area is 125 Å². The highest BCUT2D eigenvalue weighted by molar-refractivity contribution is 5.89. The zero-order valence-electron chi connectivity index (χ0n) is 12.5. The number of rotatable bonds is 6. The first-order valence-electron chi connectivity index (χ1n) is 7.58. The van der Waals surface area contributed by atoms with Gasteiger partial charge in [0.25, 0.3) is 0 Å². The summed E-state index contributed by atoms with van der Waals surface area (Å²) >= 11 is 0. The summed E-state index contributed by atoms with van der Waals surface area (Å²) in [5.74, 6) is 0. The maximum Gasteiger partial charge on any atom is 0.322 e. The lowest BCUT2D eigenvalue weighted by atomic mass is 9.91. The number of aliphatic hydroxyl groups is 2. The number of nitrogens with zero attached hydrogens (tertiary/aromatic N) is 1. The summed E-state index contributed by atoms with van der Waals surface area (Å²) in [6.45, 7) is 2.36. The summed E-state index contributed by atoms with van der Waals surface area (Å²) in [6, 6.07) is 7.41. The lowest BCUT2D eigenvalue weighted by Crippen LogP contribution is -2.47. The second kappa shape index (κ2) is 7.43. The third-order valence-electron chi connectivity index (χ3n) is 3.95. The summed E-state index contributed by atoms with van der Waals surface area (Å²) in [5, 5.41) is 21.5. The highest BCUT2D eigenvalue weighted by atomic mass is 16.3. The van der Waals surface area contributed by atoms with Gasteiger partial charge in [-0.3, -0.25) is 0 Å². The molecule has 1 aromatic carbocycles. The van der Waals surface area contributed by atoms with Gasteiger partial charge >= 0.3 is 6.03 Å². The molecule has 1 aliphatic carbocycles. The van der Waals surface area contributed by atoms with Crippen LogP contribution in [0.25, 0.3) is 0 Å². The summed E-state index contributed by atoms with van der Waals surface area (Å²) in [7, 11) is 0. The first-order chi connectivity index (χ1) is 10.1. The minimum absolute atomic E-state index is 0.0913. The fraction of sp³-hybridized carbons (Fsp3) is 0.562. The zero-order chi connectivity index (χ0) is 15.2. The van der Waals surface area contributed by atoms with Crippen LogP contribution >= 0.6 is 0 Å². The van der Waals surface area contributed by atoms with E-state index in [0.29, 0.717) is 18.7 Å². The molecule has 0 bridgehead atoms. The van der Waals surface area contributed by atoms with Gasteiger partial charge in [-0.05, 0) is 50.3 Å². The Bertz CT molecular complexity index is 472. The van der Waals surface area contributed by atoms with E-state index in [1.54, 1.807) is 13.0 Å². The van der Waals surface area contributed by atoms with Gasteiger partial charge in [0.1, 0.15) is 0 Å². The predicted octanol–water partition coefficient (Wildman–Crippen LogP) is 2.51. The fourth-order valence-electron chi connectivity index (χ4n) is 2.46. The van der Waals surface area contributed by atoms with Gasteiger partial charge in [-0.15, -0.1) is 0 Å². The van der Waals surface area contributed by atoms with Gasteiger partial charge in [0.2, 0.25) is 0 Å². The molecule has 0 saturated heterocycles. The predicted molar refractivity (Wildman–Crippen MR) is 82.1 cm³/mol. The average molecular weight is 292 g/mol. The number of carbonyl (C=O) groups excluding carboxylic acids is 1. The third-order valence-corrected chi connectivity index (χ3v) is 3.95. The van der Waals surface area contributed by atoms with E-state index in [2.05, 4.69) is 5.32 Å². The van der Waals surface area contributed by atoms with Crippen molar-refractivity contribution >= 4 is 11.7 Å². The lowest BCUT2D eigenvalue weighted by Gasteiger charge is -2.37. The monoisotopic (exact) mass is 292 g/mol. The standard InChI is InChI=1S/C16H24N2O3/c1-12(20)13-5-2-6-14(11-13)17-16(21)18(9-4-10-19)15-7-3-8-15/h2,5-6,11-12,15,19-20H,3-4,7-10H2,1H3,(H,17,21). The maximum atomic E-state index is 12.4. The SMILES string of the molecule is CC(O)c1cccc(NC(=O)N(CCCO)C2CCC2)c1. The van der Waals surface area contributed by atoms with E-state index in [1.165, 1.54) is 0 Å². The molecule has 21 heavy (non-hydrogen) atoms. The van der Waals surface area contributed by atoms with E-state index in [-0.39, 0.29) is 18.7 Å². The molecule has 0 radical (unpaired) electrons. The van der Waals surface area contributed by atoms with E-state index in [4.69, 9.17) is 5.11 Å². The highest BCUT2D eigenvalue weighted by Crippen LogP contribution is 2.26. The molecule has 1 atom stereocenters. The summed E-state index contributed by atoms with van der Waals surface area (Å²) in [5.41, 5.74) is 1.46. The van der Waals surface area contributed by atoms with Crippen LogP contribution < -0.4 is 5.32 Å². The van der Waals surface area contributed by atoms with Gasteiger partial charge in [-0.25, -0.2) is 4.79 Å². The number of nitrogens with one attached hydrogen (secondary N) is 1. The van der Waals surface area contributed by atoms with Crippen molar-refractivity contribution in [2.45, 2.75) is 44.8 Å². The molecule has 0 aliphatic heterocycles. The van der Waals surface area contributed by atoms with Crippen molar-refractivity contribution in [3.8, 4) is 0 Å². The number of urea groups is 1. The van der Waals surface area contributed by atoms with Gasteiger partial charge in [-0.1, -0.05) is 12.1 Å². The molecule has 1 aromatic rings. The molecule has 2 amide bonds. The van der Waals surface area contributed by atoms with Crippen molar-refractivity contribution in [1.82, 2.24) is 4.90 Å². The van der Waals surface area contributed by atoms with E-state index in [0.717, 1.165) is 24.8 Å². The number of carbonyl (C=O) groups is 1. The Hall–Kier alpha value is -1.59. The van der Waals surface area contributed by atoms with Crippen LogP contribution in [-0.2, 0) is 0 Å². The molecule has 1 unspecified atom stereocenters. The van der Waals surface area contributed by atoms with Crippen LogP contribution in [0, 0.1) is 0 Å². The van der Waals surface area contributed by atoms with Gasteiger partial charge in [0, 0.05) is 24.9 Å². The normalized spacial score (nSPS) is 16.1. The van der Waals surface area contributed by atoms with Crippen LogP contribution in [0.2, 0.25) is 0 Å². The molecule has 5 nitrogen and oxygen atoms in total. The second-order valence-corrected chi connectivity index (χ2v) is 5.59. The average Bonchev–Trinajstić information content (AvgIpc) is 2.41. The fourth-order valence-corrected chi connectivity index (χ4v) is 2.46. The molecule has 3 N–H and O–H groups in total. The summed E-state index contributed by atoms with van der Waals surface area (Å²) in [4.78, 5) is 14.2. The molecule has 5 heteroatoms. The Morgan fingerprint density at radius 1 is 1.48 bits per heavy atom. The minimum atomic E-state index is -0.557. The zero-order valence-corrected chi connectivity index (χ0v) is 12.5. The van der Waals surface area contributed by atoms with Crippen LogP contribution in [0.3, 0.4) is 0 Å². The molecule has 2 rings (SSSR count). The minimum Gasteiger partial charge on any atom is -0.396 e. The highest BCUT2D eigenvalue weighted by Gasteiger charge is 2.28. The van der Waals surface area contributed by atoms with Gasteiger partial charge in [0.05, 0.1) is 6.10 Å². The Balaban J connectivity index is 2.01. The molecular formula is C16H24N2O3. The molecule has 1 saturated carbocycles. The van der Waals surface area contributed by atoms with E-state index >= 15 is 0 Å². The molecule has 1 aliphatic rings. The Morgan fingerprint density at radius 3 is 2.81 bits per heavy atom. The van der Waals surface area contributed by atoms with Crippen molar-refractivity contribution in [1.29, 1.82) is 0 Å². The van der Waals surface area contributed by atoms with E-state index in [9.17, 15) is 9.90 Å². The number of hydrogen-bond donors (Lipinski definition) is 3. The lowest BCUT2D eigenvalue weighted by molar-refractivity contribution is 0.140. The number of hydrogen-bond acceptors (Lipinski definition) is 3. The van der Waals surface area contributed by atoms with Crippen LogP contribution in [0.1, 0.15) is 44.3 Å². The largest absolute Gasteiger partial charge is 0.396 e. The molecule has 1 fully saturated rings. The maximum absolute atomic E-state index is 12.4. The molecular weight excluding hydrogens is 268 g/mol. The third kappa shape index (κ3) is 4.19. The first-order valence-corrected chi connectivity index (χ1v) is 7.58. The smallest absolute Gasteiger partial charge is 0.322 e. The van der Waals surface area contributed by atoms with Gasteiger partial charge in [0.15, 0.2) is 0 Å². The molecule has 116 valence electrons. The number of anilines is 1. The van der Waals surface area contributed by atoms with Crippen LogP contribution in [0.5, 0.6) is 0 Å². The quantitative estimate of drug-likeness (QED) is 0.754. The van der Waals surface area contributed by atoms with Crippen LogP contribution in [0.4, 0.5) is 10.5 Å². The number of amides is 2. The first kappa shape index (κ1) is 15.8. The molecule has 0 heterocycles. The van der Waals surface area contributed by atoms with Crippen LogP contribution in [-0.4, -0.2) is 40.3 Å². The van der Waals surface area contributed by atoms with Crippen molar-refractivity contribution in [2.75, 3.05) is 18.5 Å². The molecule has 0 spiro atoms. The number of aliphatic hydroxyl groups excluding tert-OH is 2. The topological polar surface area (TPSA) is 72.8 Å². The van der Waals surface area contributed by atoms with Crippen molar-refractivity contribution in [3.63, 3.8) is 0 Å². The second-order valence-electron chi connectivity index (χ2n) is 5.59. The van der Waals surface area contributed by atoms with Gasteiger partial charge < -0.3 is 20.4 Å². The van der Waals surface area contributed by atoms with E-state index < -0.39 is 6.10 Å². The molecule has 0 aromatic heterocycles. The number of benzene rings is 1. The van der Waals surface area contributed by atoms with Crippen molar-refractivity contribution in [2.24, 2.45) is 0 Å². The van der Waals surface area contributed by atoms with Crippen LogP contribution in [0.15, 0.2) is 24.3 Å². The summed E-state index contributed by atoms with van der Waals surface area (Å²) < 4.78 is 0. The summed E-state index contributed by atoms with van der Waals surface area (Å²) in [6.07, 6.45) is 3.26. The van der Waals surface area contributed by atoms with Crippen molar-refractivity contribution in [3.05, 3.63) is 29.8 Å². The Kier molecular flexibility index (Phi) is 5.59.